The first kappa shape index (κ1) is 9.90. The minimum absolute atomic E-state index is 0.562. The number of hydrogen-bond acceptors (Lipinski definition) is 3. The predicted octanol–water partition coefficient (Wildman–Crippen LogP) is -1.20. The fourth-order valence-corrected chi connectivity index (χ4v) is 0.568. The molecule has 0 fully saturated rings. The van der Waals surface area contributed by atoms with Gasteiger partial charge in [-0.25, -0.2) is 4.79 Å². The Hall–Kier alpha value is -1.10. The normalized spacial score (nSPS) is 15.2. The summed E-state index contributed by atoms with van der Waals surface area (Å²) in [6.45, 7) is 1.30. The minimum Gasteiger partial charge on any atom is -0.479 e. The van der Waals surface area contributed by atoms with Crippen LogP contribution in [0.25, 0.3) is 0 Å². The van der Waals surface area contributed by atoms with Crippen molar-refractivity contribution in [1.82, 2.24) is 10.6 Å². The predicted molar refractivity (Wildman–Crippen MR) is 39.2 cm³/mol. The first-order valence-electron chi connectivity index (χ1n) is 3.13. The van der Waals surface area contributed by atoms with E-state index in [4.69, 9.17) is 5.11 Å². The molecule has 64 valence electrons. The van der Waals surface area contributed by atoms with Crippen LogP contribution in [0.15, 0.2) is 0 Å². The van der Waals surface area contributed by atoms with Crippen molar-refractivity contribution in [2.75, 3.05) is 14.1 Å². The van der Waals surface area contributed by atoms with Crippen LogP contribution in [-0.2, 0) is 9.59 Å². The molecule has 0 aromatic carbocycles. The Kier molecular flexibility index (Phi) is 3.00. The monoisotopic (exact) mass is 160 g/mol. The summed E-state index contributed by atoms with van der Waals surface area (Å²) < 4.78 is 0. The van der Waals surface area contributed by atoms with Crippen LogP contribution in [0.1, 0.15) is 6.92 Å². The van der Waals surface area contributed by atoms with Gasteiger partial charge in [-0.2, -0.15) is 0 Å². The third-order valence-corrected chi connectivity index (χ3v) is 1.61. The topological polar surface area (TPSA) is 78.4 Å². The molecule has 0 aliphatic carbocycles. The number of carboxylic acids is 1. The highest BCUT2D eigenvalue weighted by Crippen LogP contribution is 2.01. The van der Waals surface area contributed by atoms with Crippen LogP contribution in [0.2, 0.25) is 0 Å². The average Bonchev–Trinajstić information content (AvgIpc) is 2.01. The van der Waals surface area contributed by atoms with Gasteiger partial charge < -0.3 is 10.4 Å². The first-order valence-corrected chi connectivity index (χ1v) is 3.13. The number of likely N-dealkylation sites (N-methyl/N-ethyl adjacent to an activating group) is 2. The zero-order chi connectivity index (χ0) is 9.07. The average molecular weight is 160 g/mol. The highest BCUT2D eigenvalue weighted by atomic mass is 16.4. The number of carbonyl (C=O) groups is 2. The van der Waals surface area contributed by atoms with E-state index in [1.807, 2.05) is 0 Å². The number of nitrogens with one attached hydrogen (secondary N) is 2. The third kappa shape index (κ3) is 1.68. The quantitative estimate of drug-likeness (QED) is 0.453. The van der Waals surface area contributed by atoms with Crippen LogP contribution in [0.5, 0.6) is 0 Å². The number of hydrogen-bond donors (Lipinski definition) is 3. The van der Waals surface area contributed by atoms with Gasteiger partial charge in [-0.3, -0.25) is 10.1 Å². The summed E-state index contributed by atoms with van der Waals surface area (Å²) in [5.74, 6) is -1.76. The maximum Gasteiger partial charge on any atom is 0.333 e. The lowest BCUT2D eigenvalue weighted by Gasteiger charge is -2.21. The Morgan fingerprint density at radius 2 is 1.82 bits per heavy atom. The van der Waals surface area contributed by atoms with Crippen molar-refractivity contribution in [3.05, 3.63) is 0 Å². The molecule has 5 heteroatoms. The lowest BCUT2D eigenvalue weighted by atomic mass is 10.0. The van der Waals surface area contributed by atoms with E-state index in [9.17, 15) is 9.59 Å². The van der Waals surface area contributed by atoms with Crippen LogP contribution in [-0.4, -0.2) is 36.6 Å². The molecule has 3 N–H and O–H groups in total. The third-order valence-electron chi connectivity index (χ3n) is 1.61. The number of carbonyl (C=O) groups excluding carboxylic acids is 1. The number of carboxylic acid groups (broad SMARTS) is 1. The van der Waals surface area contributed by atoms with Crippen molar-refractivity contribution in [2.45, 2.75) is 12.5 Å². The molecular formula is C6H12N2O3. The van der Waals surface area contributed by atoms with Gasteiger partial charge >= 0.3 is 5.97 Å². The van der Waals surface area contributed by atoms with Gasteiger partial charge in [0, 0.05) is 7.05 Å². The van der Waals surface area contributed by atoms with Crippen LogP contribution >= 0.6 is 0 Å². The van der Waals surface area contributed by atoms with Gasteiger partial charge in [0.1, 0.15) is 0 Å². The molecule has 0 saturated carbocycles. The second-order valence-corrected chi connectivity index (χ2v) is 2.26. The smallest absolute Gasteiger partial charge is 0.333 e. The second kappa shape index (κ2) is 3.34. The van der Waals surface area contributed by atoms with Crippen LogP contribution in [0, 0.1) is 0 Å². The molecule has 0 spiro atoms. The van der Waals surface area contributed by atoms with Gasteiger partial charge in [0.2, 0.25) is 0 Å². The van der Waals surface area contributed by atoms with Gasteiger partial charge in [0.25, 0.3) is 5.91 Å². The summed E-state index contributed by atoms with van der Waals surface area (Å²) >= 11 is 0. The number of amides is 1. The molecule has 0 radical (unpaired) electrons. The molecule has 5 nitrogen and oxygen atoms in total. The zero-order valence-electron chi connectivity index (χ0n) is 6.76. The fourth-order valence-electron chi connectivity index (χ4n) is 0.568. The number of rotatable bonds is 3. The highest BCUT2D eigenvalue weighted by molar-refractivity contribution is 6.06. The van der Waals surface area contributed by atoms with Crippen molar-refractivity contribution < 1.29 is 14.7 Å². The Morgan fingerprint density at radius 3 is 1.91 bits per heavy atom. The molecular weight excluding hydrogens is 148 g/mol. The van der Waals surface area contributed by atoms with E-state index in [2.05, 4.69) is 10.6 Å². The number of aliphatic carboxylic acids is 1. The van der Waals surface area contributed by atoms with Crippen molar-refractivity contribution >= 4 is 11.9 Å². The van der Waals surface area contributed by atoms with Crippen molar-refractivity contribution in [1.29, 1.82) is 0 Å². The van der Waals surface area contributed by atoms with Crippen LogP contribution in [0.4, 0.5) is 0 Å². The van der Waals surface area contributed by atoms with Crippen molar-refractivity contribution in [3.63, 3.8) is 0 Å². The van der Waals surface area contributed by atoms with Crippen molar-refractivity contribution in [2.24, 2.45) is 0 Å². The van der Waals surface area contributed by atoms with Gasteiger partial charge in [-0.1, -0.05) is 0 Å². The molecule has 1 amide bonds. The van der Waals surface area contributed by atoms with Crippen molar-refractivity contribution in [3.8, 4) is 0 Å². The van der Waals surface area contributed by atoms with E-state index in [1.165, 1.54) is 21.0 Å². The van der Waals surface area contributed by atoms with Gasteiger partial charge in [0.15, 0.2) is 5.54 Å². The molecule has 0 heterocycles. The Labute approximate surface area is 64.8 Å². The molecule has 0 unspecified atom stereocenters. The highest BCUT2D eigenvalue weighted by Gasteiger charge is 2.38. The van der Waals surface area contributed by atoms with E-state index in [0.717, 1.165) is 0 Å². The first-order chi connectivity index (χ1) is 4.99. The summed E-state index contributed by atoms with van der Waals surface area (Å²) in [6.07, 6.45) is 0. The summed E-state index contributed by atoms with van der Waals surface area (Å²) in [5, 5.41) is 13.3. The summed E-state index contributed by atoms with van der Waals surface area (Å²) in [4.78, 5) is 21.5. The van der Waals surface area contributed by atoms with E-state index < -0.39 is 17.4 Å². The standard InChI is InChI=1S/C6H12N2O3/c1-6(8-3,5(10)11)4(9)7-2/h8H,1-3H3,(H,7,9)(H,10,11)/t6-/m0/s1. The van der Waals surface area contributed by atoms with E-state index in [0.29, 0.717) is 0 Å². The Bertz CT molecular complexity index is 181. The van der Waals surface area contributed by atoms with E-state index >= 15 is 0 Å². The maximum atomic E-state index is 11.0. The summed E-state index contributed by atoms with van der Waals surface area (Å²) in [6, 6.07) is 0. The fraction of sp³-hybridized carbons (Fsp3) is 0.667. The Balaban J connectivity index is 4.59. The SMILES string of the molecule is CNC(=O)[C@](C)(NC)C(=O)O. The maximum absolute atomic E-state index is 11.0. The minimum atomic E-state index is -1.53. The van der Waals surface area contributed by atoms with Crippen LogP contribution < -0.4 is 10.6 Å². The molecule has 1 atom stereocenters. The summed E-state index contributed by atoms with van der Waals surface area (Å²) in [7, 11) is 2.81. The van der Waals surface area contributed by atoms with Gasteiger partial charge in [-0.05, 0) is 14.0 Å². The van der Waals surface area contributed by atoms with E-state index in [-0.39, 0.29) is 0 Å². The lowest BCUT2D eigenvalue weighted by Crippen LogP contribution is -2.58. The van der Waals surface area contributed by atoms with Gasteiger partial charge in [0.05, 0.1) is 0 Å². The molecule has 0 aliphatic rings. The molecule has 0 aliphatic heterocycles. The molecule has 0 rings (SSSR count). The van der Waals surface area contributed by atoms with Crippen LogP contribution in [0.3, 0.4) is 0 Å². The summed E-state index contributed by atoms with van der Waals surface area (Å²) in [5.41, 5.74) is -1.53. The molecule has 0 bridgehead atoms. The Morgan fingerprint density at radius 1 is 1.36 bits per heavy atom. The second-order valence-electron chi connectivity index (χ2n) is 2.26. The molecule has 11 heavy (non-hydrogen) atoms. The largest absolute Gasteiger partial charge is 0.479 e. The molecule has 0 aromatic heterocycles. The van der Waals surface area contributed by atoms with Gasteiger partial charge in [-0.15, -0.1) is 0 Å². The molecule has 0 aromatic rings. The molecule has 0 saturated heterocycles. The van der Waals surface area contributed by atoms with E-state index in [1.54, 1.807) is 0 Å². The zero-order valence-corrected chi connectivity index (χ0v) is 6.76. The lowest BCUT2D eigenvalue weighted by molar-refractivity contribution is -0.149.